The van der Waals surface area contributed by atoms with Crippen LogP contribution in [-0.2, 0) is 11.3 Å². The molecule has 4 rings (SSSR count). The van der Waals surface area contributed by atoms with Crippen molar-refractivity contribution >= 4 is 29.0 Å². The minimum Gasteiger partial charge on any atom is -0.497 e. The van der Waals surface area contributed by atoms with Gasteiger partial charge < -0.3 is 15.4 Å². The highest BCUT2D eigenvalue weighted by molar-refractivity contribution is 7.99. The van der Waals surface area contributed by atoms with Gasteiger partial charge in [0.2, 0.25) is 5.91 Å². The molecule has 35 heavy (non-hydrogen) atoms. The first kappa shape index (κ1) is 24.3. The van der Waals surface area contributed by atoms with Crippen LogP contribution in [-0.4, -0.2) is 33.5 Å². The molecule has 0 aliphatic heterocycles. The lowest BCUT2D eigenvalue weighted by molar-refractivity contribution is -0.113. The Morgan fingerprint density at radius 3 is 2.34 bits per heavy atom. The molecule has 0 radical (unpaired) electrons. The van der Waals surface area contributed by atoms with Crippen LogP contribution in [0.5, 0.6) is 5.75 Å². The number of amides is 1. The number of rotatable bonds is 9. The molecule has 0 unspecified atom stereocenters. The molecule has 4 aromatic rings. The molecule has 0 atom stereocenters. The van der Waals surface area contributed by atoms with Gasteiger partial charge in [0.15, 0.2) is 11.0 Å². The lowest BCUT2D eigenvalue weighted by Crippen LogP contribution is -2.15. The molecule has 3 aromatic carbocycles. The van der Waals surface area contributed by atoms with Crippen molar-refractivity contribution in [1.29, 1.82) is 0 Å². The van der Waals surface area contributed by atoms with Crippen molar-refractivity contribution in [3.05, 3.63) is 89.2 Å². The zero-order chi connectivity index (χ0) is 24.8. The van der Waals surface area contributed by atoms with Gasteiger partial charge in [-0.05, 0) is 68.8 Å². The summed E-state index contributed by atoms with van der Waals surface area (Å²) in [7, 11) is 1.64. The molecule has 0 aliphatic carbocycles. The fraction of sp³-hybridized carbons (Fsp3) is 0.222. The maximum absolute atomic E-state index is 12.7. The Morgan fingerprint density at radius 1 is 0.943 bits per heavy atom. The zero-order valence-electron chi connectivity index (χ0n) is 20.3. The molecule has 1 amide bonds. The zero-order valence-corrected chi connectivity index (χ0v) is 21.1. The highest BCUT2D eigenvalue weighted by Gasteiger charge is 2.16. The third-order valence-electron chi connectivity index (χ3n) is 5.52. The Balaban J connectivity index is 1.52. The molecule has 0 saturated heterocycles. The number of anilines is 2. The Hall–Kier alpha value is -3.78. The van der Waals surface area contributed by atoms with Gasteiger partial charge in [0, 0.05) is 17.1 Å². The number of hydrogen-bond donors (Lipinski definition) is 2. The van der Waals surface area contributed by atoms with E-state index in [4.69, 9.17) is 4.74 Å². The van der Waals surface area contributed by atoms with Gasteiger partial charge in [-0.15, -0.1) is 10.2 Å². The van der Waals surface area contributed by atoms with Crippen LogP contribution in [0, 0.1) is 20.8 Å². The first-order valence-corrected chi connectivity index (χ1v) is 12.3. The van der Waals surface area contributed by atoms with Crippen molar-refractivity contribution < 1.29 is 9.53 Å². The molecule has 0 fully saturated rings. The number of carbonyl (C=O) groups excluding carboxylic acids is 1. The molecule has 7 nitrogen and oxygen atoms in total. The van der Waals surface area contributed by atoms with Gasteiger partial charge in [0.05, 0.1) is 19.4 Å². The second-order valence-corrected chi connectivity index (χ2v) is 9.25. The molecule has 0 aliphatic rings. The van der Waals surface area contributed by atoms with Crippen molar-refractivity contribution in [3.63, 3.8) is 0 Å². The molecule has 1 heterocycles. The van der Waals surface area contributed by atoms with Gasteiger partial charge in [0.25, 0.3) is 0 Å². The van der Waals surface area contributed by atoms with E-state index in [0.717, 1.165) is 39.8 Å². The average Bonchev–Trinajstić information content (AvgIpc) is 3.27. The second-order valence-electron chi connectivity index (χ2n) is 8.31. The Kier molecular flexibility index (Phi) is 7.72. The van der Waals surface area contributed by atoms with E-state index in [1.165, 1.54) is 17.3 Å². The van der Waals surface area contributed by atoms with Gasteiger partial charge >= 0.3 is 0 Å². The molecule has 8 heteroatoms. The largest absolute Gasteiger partial charge is 0.497 e. The maximum atomic E-state index is 12.7. The number of nitrogens with one attached hydrogen (secondary N) is 2. The number of thioether (sulfide) groups is 1. The van der Waals surface area contributed by atoms with E-state index >= 15 is 0 Å². The molecule has 0 bridgehead atoms. The predicted molar refractivity (Wildman–Crippen MR) is 142 cm³/mol. The van der Waals surface area contributed by atoms with Crippen molar-refractivity contribution in [2.75, 3.05) is 23.5 Å². The number of carbonyl (C=O) groups is 1. The van der Waals surface area contributed by atoms with Crippen LogP contribution in [0.2, 0.25) is 0 Å². The van der Waals surface area contributed by atoms with Crippen LogP contribution in [0.4, 0.5) is 11.4 Å². The number of methoxy groups -OCH3 is 1. The van der Waals surface area contributed by atoms with Crippen LogP contribution in [0.25, 0.3) is 5.69 Å². The first-order chi connectivity index (χ1) is 16.9. The van der Waals surface area contributed by atoms with E-state index in [0.29, 0.717) is 11.7 Å². The number of aromatic nitrogens is 3. The van der Waals surface area contributed by atoms with Crippen LogP contribution in [0.3, 0.4) is 0 Å². The van der Waals surface area contributed by atoms with E-state index in [1.54, 1.807) is 7.11 Å². The van der Waals surface area contributed by atoms with Crippen LogP contribution >= 0.6 is 11.8 Å². The Bertz CT molecular complexity index is 1300. The first-order valence-electron chi connectivity index (χ1n) is 11.3. The maximum Gasteiger partial charge on any atom is 0.234 e. The Labute approximate surface area is 209 Å². The molecule has 0 saturated carbocycles. The molecule has 1 aromatic heterocycles. The quantitative estimate of drug-likeness (QED) is 0.302. The Morgan fingerprint density at radius 2 is 1.66 bits per heavy atom. The summed E-state index contributed by atoms with van der Waals surface area (Å²) in [6.07, 6.45) is 0. The third-order valence-corrected chi connectivity index (χ3v) is 6.45. The summed E-state index contributed by atoms with van der Waals surface area (Å²) in [5.41, 5.74) is 6.12. The van der Waals surface area contributed by atoms with Crippen molar-refractivity contribution in [3.8, 4) is 11.4 Å². The fourth-order valence-corrected chi connectivity index (χ4v) is 4.39. The van der Waals surface area contributed by atoms with E-state index in [-0.39, 0.29) is 11.7 Å². The second kappa shape index (κ2) is 11.1. The summed E-state index contributed by atoms with van der Waals surface area (Å²) in [5, 5.41) is 15.9. The number of hydrogen-bond acceptors (Lipinski definition) is 6. The minimum atomic E-state index is -0.0921. The van der Waals surface area contributed by atoms with Gasteiger partial charge in [-0.1, -0.05) is 47.2 Å². The molecular weight excluding hydrogens is 458 g/mol. The number of ether oxygens (including phenoxy) is 1. The van der Waals surface area contributed by atoms with Crippen LogP contribution in [0.1, 0.15) is 22.5 Å². The summed E-state index contributed by atoms with van der Waals surface area (Å²) < 4.78 is 7.27. The third kappa shape index (κ3) is 6.22. The SMILES string of the molecule is COc1ccc(-n2c(CNc3ccc(C)cc3)nnc2SCC(=O)Nc2ccc(C)cc2C)cc1. The van der Waals surface area contributed by atoms with E-state index in [2.05, 4.69) is 46.0 Å². The van der Waals surface area contributed by atoms with Gasteiger partial charge in [-0.2, -0.15) is 0 Å². The molecule has 2 N–H and O–H groups in total. The summed E-state index contributed by atoms with van der Waals surface area (Å²) >= 11 is 1.35. The molecule has 0 spiro atoms. The average molecular weight is 488 g/mol. The van der Waals surface area contributed by atoms with Crippen molar-refractivity contribution in [2.45, 2.75) is 32.5 Å². The summed E-state index contributed by atoms with van der Waals surface area (Å²) in [6, 6.07) is 21.9. The van der Waals surface area contributed by atoms with E-state index < -0.39 is 0 Å². The van der Waals surface area contributed by atoms with Gasteiger partial charge in [0.1, 0.15) is 5.75 Å². The van der Waals surface area contributed by atoms with Crippen molar-refractivity contribution in [2.24, 2.45) is 0 Å². The topological polar surface area (TPSA) is 81.1 Å². The fourth-order valence-electron chi connectivity index (χ4n) is 3.62. The lowest BCUT2D eigenvalue weighted by atomic mass is 10.1. The van der Waals surface area contributed by atoms with Gasteiger partial charge in [-0.25, -0.2) is 0 Å². The summed E-state index contributed by atoms with van der Waals surface area (Å²) in [6.45, 7) is 6.57. The predicted octanol–water partition coefficient (Wildman–Crippen LogP) is 5.54. The van der Waals surface area contributed by atoms with Crippen LogP contribution in [0.15, 0.2) is 71.9 Å². The summed E-state index contributed by atoms with van der Waals surface area (Å²) in [5.74, 6) is 1.63. The lowest BCUT2D eigenvalue weighted by Gasteiger charge is -2.13. The van der Waals surface area contributed by atoms with E-state index in [9.17, 15) is 4.79 Å². The van der Waals surface area contributed by atoms with E-state index in [1.807, 2.05) is 66.9 Å². The van der Waals surface area contributed by atoms with Gasteiger partial charge in [-0.3, -0.25) is 9.36 Å². The smallest absolute Gasteiger partial charge is 0.234 e. The highest BCUT2D eigenvalue weighted by atomic mass is 32.2. The van der Waals surface area contributed by atoms with Crippen LogP contribution < -0.4 is 15.4 Å². The van der Waals surface area contributed by atoms with Crippen molar-refractivity contribution in [1.82, 2.24) is 14.8 Å². The standard InChI is InChI=1S/C27H29N5O2S/c1-18-5-8-21(9-6-18)28-16-25-30-31-27(32(25)22-10-12-23(34-4)13-11-22)35-17-26(33)29-24-14-7-19(2)15-20(24)3/h5-15,28H,16-17H2,1-4H3,(H,29,33). The molecule has 180 valence electrons. The monoisotopic (exact) mass is 487 g/mol. The number of aryl methyl sites for hydroxylation is 3. The minimum absolute atomic E-state index is 0.0921. The number of nitrogens with zero attached hydrogens (tertiary/aromatic N) is 3. The molecular formula is C27H29N5O2S. The normalized spacial score (nSPS) is 10.7. The summed E-state index contributed by atoms with van der Waals surface area (Å²) in [4.78, 5) is 12.7. The highest BCUT2D eigenvalue weighted by Crippen LogP contribution is 2.25. The number of benzene rings is 3.